The number of anilines is 1. The first-order chi connectivity index (χ1) is 10.1. The van der Waals surface area contributed by atoms with Crippen LogP contribution in [0.5, 0.6) is 0 Å². The molecule has 0 radical (unpaired) electrons. The third-order valence-electron chi connectivity index (χ3n) is 3.76. The lowest BCUT2D eigenvalue weighted by atomic mass is 10.1. The number of benzene rings is 1. The van der Waals surface area contributed by atoms with E-state index in [4.69, 9.17) is 0 Å². The summed E-state index contributed by atoms with van der Waals surface area (Å²) in [4.78, 5) is 15.3. The average Bonchev–Trinajstić information content (AvgIpc) is 3.12. The molecule has 1 aliphatic heterocycles. The molecule has 6 nitrogen and oxygen atoms in total. The quantitative estimate of drug-likeness (QED) is 0.690. The van der Waals surface area contributed by atoms with E-state index in [2.05, 4.69) is 28.3 Å². The van der Waals surface area contributed by atoms with E-state index in [0.717, 1.165) is 12.1 Å². The molecule has 7 heteroatoms. The summed E-state index contributed by atoms with van der Waals surface area (Å²) in [5.41, 5.74) is 2.19. The molecule has 21 heavy (non-hydrogen) atoms. The summed E-state index contributed by atoms with van der Waals surface area (Å²) in [5.74, 6) is 0.623. The topological polar surface area (TPSA) is 63.4 Å². The average molecular weight is 299 g/mol. The maximum absolute atomic E-state index is 12.8. The van der Waals surface area contributed by atoms with Crippen LogP contribution in [0.25, 0.3) is 4.96 Å². The Labute approximate surface area is 125 Å². The Morgan fingerprint density at radius 1 is 1.33 bits per heavy atom. The van der Waals surface area contributed by atoms with Crippen LogP contribution in [-0.4, -0.2) is 31.8 Å². The largest absolute Gasteiger partial charge is 0.303 e. The first-order valence-electron chi connectivity index (χ1n) is 6.75. The molecule has 0 N–H and O–H groups in total. The molecule has 2 aromatic heterocycles. The van der Waals surface area contributed by atoms with Gasteiger partial charge in [-0.15, -0.1) is 15.3 Å². The molecular weight excluding hydrogens is 286 g/mol. The summed E-state index contributed by atoms with van der Waals surface area (Å²) in [6.07, 6.45) is 0.880. The maximum atomic E-state index is 12.8. The fourth-order valence-electron chi connectivity index (χ4n) is 2.78. The number of hydrogen-bond acceptors (Lipinski definition) is 5. The van der Waals surface area contributed by atoms with Crippen LogP contribution < -0.4 is 4.90 Å². The third kappa shape index (κ3) is 1.77. The van der Waals surface area contributed by atoms with E-state index in [9.17, 15) is 4.79 Å². The van der Waals surface area contributed by atoms with Crippen molar-refractivity contribution < 1.29 is 4.79 Å². The standard InChI is InChI=1S/C14H13N5OS/c1-8-7-10-5-3-4-6-11(10)18(8)13(20)12-17-19-9(2)15-16-14(19)21-12/h3-6,8H,7H2,1-2H3. The number of carbonyl (C=O) groups is 1. The number of amides is 1. The fourth-order valence-corrected chi connectivity index (χ4v) is 3.60. The van der Waals surface area contributed by atoms with Gasteiger partial charge in [-0.1, -0.05) is 29.5 Å². The summed E-state index contributed by atoms with van der Waals surface area (Å²) < 4.78 is 1.62. The number of aromatic nitrogens is 4. The number of hydrogen-bond donors (Lipinski definition) is 0. The molecule has 1 atom stereocenters. The molecule has 0 fully saturated rings. The number of carbonyl (C=O) groups excluding carboxylic acids is 1. The highest BCUT2D eigenvalue weighted by molar-refractivity contribution is 7.18. The van der Waals surface area contributed by atoms with E-state index in [0.29, 0.717) is 15.8 Å². The number of para-hydroxylation sites is 1. The van der Waals surface area contributed by atoms with Gasteiger partial charge in [0.2, 0.25) is 9.97 Å². The molecule has 1 aromatic carbocycles. The van der Waals surface area contributed by atoms with Crippen molar-refractivity contribution in [1.82, 2.24) is 19.8 Å². The minimum atomic E-state index is -0.0673. The first-order valence-corrected chi connectivity index (χ1v) is 7.57. The summed E-state index contributed by atoms with van der Waals surface area (Å²) in [7, 11) is 0. The van der Waals surface area contributed by atoms with Crippen LogP contribution in [0.2, 0.25) is 0 Å². The number of aryl methyl sites for hydroxylation is 1. The van der Waals surface area contributed by atoms with Crippen molar-refractivity contribution in [2.75, 3.05) is 4.90 Å². The van der Waals surface area contributed by atoms with Crippen LogP contribution in [-0.2, 0) is 6.42 Å². The predicted octanol–water partition coefficient (Wildman–Crippen LogP) is 2.09. The van der Waals surface area contributed by atoms with Crippen LogP contribution in [0.3, 0.4) is 0 Å². The number of fused-ring (bicyclic) bond motifs is 2. The SMILES string of the molecule is Cc1nnc2sc(C(=O)N3c4ccccc4CC3C)nn12. The molecule has 0 aliphatic carbocycles. The van der Waals surface area contributed by atoms with E-state index in [1.807, 2.05) is 30.0 Å². The van der Waals surface area contributed by atoms with Crippen molar-refractivity contribution in [3.05, 3.63) is 40.7 Å². The Morgan fingerprint density at radius 2 is 2.14 bits per heavy atom. The van der Waals surface area contributed by atoms with E-state index >= 15 is 0 Å². The molecule has 0 bridgehead atoms. The Morgan fingerprint density at radius 3 is 2.95 bits per heavy atom. The van der Waals surface area contributed by atoms with Gasteiger partial charge in [0.25, 0.3) is 5.91 Å². The van der Waals surface area contributed by atoms with Crippen molar-refractivity contribution in [3.63, 3.8) is 0 Å². The third-order valence-corrected chi connectivity index (χ3v) is 4.64. The molecule has 106 valence electrons. The van der Waals surface area contributed by atoms with E-state index < -0.39 is 0 Å². The molecule has 1 amide bonds. The number of rotatable bonds is 1. The molecule has 0 saturated carbocycles. The van der Waals surface area contributed by atoms with E-state index in [-0.39, 0.29) is 11.9 Å². The molecular formula is C14H13N5OS. The van der Waals surface area contributed by atoms with Crippen LogP contribution in [0, 0.1) is 6.92 Å². The Kier molecular flexibility index (Phi) is 2.58. The van der Waals surface area contributed by atoms with Crippen LogP contribution in [0.4, 0.5) is 5.69 Å². The van der Waals surface area contributed by atoms with Gasteiger partial charge in [0.05, 0.1) is 0 Å². The molecule has 0 spiro atoms. The van der Waals surface area contributed by atoms with Gasteiger partial charge in [-0.25, -0.2) is 0 Å². The van der Waals surface area contributed by atoms with Crippen molar-refractivity contribution in [3.8, 4) is 0 Å². The normalized spacial score (nSPS) is 17.4. The Hall–Kier alpha value is -2.28. The second kappa shape index (κ2) is 4.36. The van der Waals surface area contributed by atoms with Crippen molar-refractivity contribution in [2.24, 2.45) is 0 Å². The molecule has 3 heterocycles. The monoisotopic (exact) mass is 299 g/mol. The van der Waals surface area contributed by atoms with Gasteiger partial charge in [0.1, 0.15) is 0 Å². The van der Waals surface area contributed by atoms with Crippen molar-refractivity contribution in [2.45, 2.75) is 26.3 Å². The second-order valence-electron chi connectivity index (χ2n) is 5.21. The highest BCUT2D eigenvalue weighted by atomic mass is 32.1. The predicted molar refractivity (Wildman–Crippen MR) is 79.8 cm³/mol. The van der Waals surface area contributed by atoms with Gasteiger partial charge in [-0.2, -0.15) is 4.52 Å². The molecule has 1 aliphatic rings. The Bertz CT molecular complexity index is 852. The zero-order valence-corrected chi connectivity index (χ0v) is 12.5. The lowest BCUT2D eigenvalue weighted by molar-refractivity contribution is 0.0980. The van der Waals surface area contributed by atoms with Gasteiger partial charge >= 0.3 is 0 Å². The maximum Gasteiger partial charge on any atom is 0.289 e. The highest BCUT2D eigenvalue weighted by Crippen LogP contribution is 2.33. The van der Waals surface area contributed by atoms with Gasteiger partial charge < -0.3 is 4.90 Å². The van der Waals surface area contributed by atoms with Gasteiger partial charge in [0.15, 0.2) is 5.82 Å². The van der Waals surface area contributed by atoms with E-state index in [1.54, 1.807) is 4.52 Å². The minimum Gasteiger partial charge on any atom is -0.303 e. The van der Waals surface area contributed by atoms with Crippen LogP contribution in [0.15, 0.2) is 24.3 Å². The smallest absolute Gasteiger partial charge is 0.289 e. The van der Waals surface area contributed by atoms with Crippen LogP contribution in [0.1, 0.15) is 28.1 Å². The molecule has 0 saturated heterocycles. The summed E-state index contributed by atoms with van der Waals surface area (Å²) in [6.45, 7) is 3.88. The van der Waals surface area contributed by atoms with Gasteiger partial charge in [-0.05, 0) is 31.9 Å². The first kappa shape index (κ1) is 12.5. The zero-order chi connectivity index (χ0) is 14.6. The van der Waals surface area contributed by atoms with E-state index in [1.165, 1.54) is 16.9 Å². The highest BCUT2D eigenvalue weighted by Gasteiger charge is 2.33. The lowest BCUT2D eigenvalue weighted by Gasteiger charge is -2.21. The van der Waals surface area contributed by atoms with Gasteiger partial charge in [0, 0.05) is 11.7 Å². The summed E-state index contributed by atoms with van der Waals surface area (Å²) in [5, 5.41) is 12.7. The molecule has 3 aromatic rings. The summed E-state index contributed by atoms with van der Waals surface area (Å²) in [6, 6.07) is 8.17. The minimum absolute atomic E-state index is 0.0673. The Balaban J connectivity index is 1.77. The fraction of sp³-hybridized carbons (Fsp3) is 0.286. The van der Waals surface area contributed by atoms with Crippen molar-refractivity contribution in [1.29, 1.82) is 0 Å². The van der Waals surface area contributed by atoms with Gasteiger partial charge in [-0.3, -0.25) is 4.79 Å². The van der Waals surface area contributed by atoms with Crippen LogP contribution >= 0.6 is 11.3 Å². The van der Waals surface area contributed by atoms with Crippen molar-refractivity contribution >= 4 is 27.9 Å². The molecule has 1 unspecified atom stereocenters. The number of nitrogens with zero attached hydrogens (tertiary/aromatic N) is 5. The second-order valence-corrected chi connectivity index (χ2v) is 6.16. The molecule has 4 rings (SSSR count). The lowest BCUT2D eigenvalue weighted by Crippen LogP contribution is -2.35. The zero-order valence-electron chi connectivity index (χ0n) is 11.6. The summed E-state index contributed by atoms with van der Waals surface area (Å²) >= 11 is 1.28.